The highest BCUT2D eigenvalue weighted by Crippen LogP contribution is 2.38. The monoisotopic (exact) mass is 515 g/mol. The fraction of sp³-hybridized carbons (Fsp3) is 0.179. The second-order valence-corrected chi connectivity index (χ2v) is 9.53. The summed E-state index contributed by atoms with van der Waals surface area (Å²) in [6.45, 7) is 4.71. The van der Waals surface area contributed by atoms with Gasteiger partial charge in [0.25, 0.3) is 0 Å². The zero-order valence-corrected chi connectivity index (χ0v) is 21.0. The van der Waals surface area contributed by atoms with E-state index in [9.17, 15) is 9.18 Å². The van der Waals surface area contributed by atoms with Gasteiger partial charge in [-0.3, -0.25) is 4.79 Å². The largest absolute Gasteiger partial charge is 0.486 e. The summed E-state index contributed by atoms with van der Waals surface area (Å²) in [4.78, 5) is 22.6. The number of Topliss-reactive ketones (excluding diaryl/α,β-unsaturated/α-hetero) is 1. The van der Waals surface area contributed by atoms with Crippen molar-refractivity contribution in [3.05, 3.63) is 83.0 Å². The number of thiophene rings is 1. The van der Waals surface area contributed by atoms with Crippen LogP contribution in [0.4, 0.5) is 4.39 Å². The van der Waals surface area contributed by atoms with E-state index in [-0.39, 0.29) is 18.2 Å². The Bertz CT molecular complexity index is 1640. The Kier molecular flexibility index (Phi) is 5.84. The van der Waals surface area contributed by atoms with Gasteiger partial charge in [-0.15, -0.1) is 11.3 Å². The summed E-state index contributed by atoms with van der Waals surface area (Å²) in [7, 11) is 0. The van der Waals surface area contributed by atoms with E-state index in [4.69, 9.17) is 14.2 Å². The first-order valence-corrected chi connectivity index (χ1v) is 12.6. The maximum absolute atomic E-state index is 13.4. The molecule has 0 fully saturated rings. The van der Waals surface area contributed by atoms with Crippen LogP contribution < -0.4 is 14.2 Å². The van der Waals surface area contributed by atoms with E-state index in [0.717, 1.165) is 33.0 Å². The number of carbonyl (C=O) groups excluding carboxylic acids is 1. The molecule has 0 aliphatic carbocycles. The highest BCUT2D eigenvalue weighted by atomic mass is 32.1. The minimum Gasteiger partial charge on any atom is -0.486 e. The van der Waals surface area contributed by atoms with E-state index in [1.165, 1.54) is 29.8 Å². The van der Waals surface area contributed by atoms with Gasteiger partial charge in [-0.25, -0.2) is 14.4 Å². The molecule has 0 saturated heterocycles. The molecule has 3 aromatic heterocycles. The number of carbonyl (C=O) groups is 1. The van der Waals surface area contributed by atoms with Crippen LogP contribution in [-0.4, -0.2) is 40.1 Å². The van der Waals surface area contributed by atoms with Crippen LogP contribution in [0.15, 0.2) is 60.2 Å². The van der Waals surface area contributed by atoms with Gasteiger partial charge in [-0.2, -0.15) is 0 Å². The molecule has 0 spiro atoms. The van der Waals surface area contributed by atoms with Gasteiger partial charge in [0.05, 0.1) is 5.39 Å². The maximum atomic E-state index is 13.4. The Morgan fingerprint density at radius 1 is 1.05 bits per heavy atom. The fourth-order valence-electron chi connectivity index (χ4n) is 4.62. The second-order valence-electron chi connectivity index (χ2n) is 8.68. The molecule has 6 rings (SSSR count). The van der Waals surface area contributed by atoms with Gasteiger partial charge in [-0.05, 0) is 49.7 Å². The molecule has 2 aromatic carbocycles. The molecule has 1 aliphatic rings. The van der Waals surface area contributed by atoms with Crippen molar-refractivity contribution in [2.24, 2.45) is 0 Å². The van der Waals surface area contributed by atoms with Gasteiger partial charge in [0.1, 0.15) is 30.2 Å². The number of fused-ring (bicyclic) bond motifs is 2. The average molecular weight is 516 g/mol. The van der Waals surface area contributed by atoms with Crippen molar-refractivity contribution in [3.63, 3.8) is 0 Å². The van der Waals surface area contributed by atoms with Gasteiger partial charge in [-0.1, -0.05) is 12.1 Å². The Morgan fingerprint density at radius 3 is 2.65 bits per heavy atom. The lowest BCUT2D eigenvalue weighted by molar-refractivity contribution is 0.0918. The standard InChI is InChI=1S/C28H22FN3O4S/c1-16-11-21(17(2)32(16)20-7-8-24-25(12-20)35-10-9-34-24)23(33)13-36-27-26-22(14-37-28(26)31-15-30-27)18-3-5-19(29)6-4-18/h3-8,11-12,14-15H,9-10,13H2,1-2H3. The van der Waals surface area contributed by atoms with Gasteiger partial charge >= 0.3 is 0 Å². The van der Waals surface area contributed by atoms with E-state index in [0.29, 0.717) is 41.5 Å². The van der Waals surface area contributed by atoms with Crippen molar-refractivity contribution in [3.8, 4) is 34.2 Å². The summed E-state index contributed by atoms with van der Waals surface area (Å²) < 4.78 is 32.8. The van der Waals surface area contributed by atoms with Gasteiger partial charge in [0, 0.05) is 39.6 Å². The molecule has 9 heteroatoms. The lowest BCUT2D eigenvalue weighted by Crippen LogP contribution is -2.16. The van der Waals surface area contributed by atoms with Crippen LogP contribution in [0.2, 0.25) is 0 Å². The topological polar surface area (TPSA) is 75.5 Å². The Hall–Kier alpha value is -4.24. The number of rotatable bonds is 6. The van der Waals surface area contributed by atoms with E-state index >= 15 is 0 Å². The Morgan fingerprint density at radius 2 is 1.84 bits per heavy atom. The lowest BCUT2D eigenvalue weighted by atomic mass is 10.1. The number of hydrogen-bond acceptors (Lipinski definition) is 7. The average Bonchev–Trinajstić information content (AvgIpc) is 3.48. The van der Waals surface area contributed by atoms with Gasteiger partial charge in [0.15, 0.2) is 18.1 Å². The molecular formula is C28H22FN3O4S. The molecule has 186 valence electrons. The first-order valence-electron chi connectivity index (χ1n) is 11.7. The fourth-order valence-corrected chi connectivity index (χ4v) is 5.53. The summed E-state index contributed by atoms with van der Waals surface area (Å²) in [6, 6.07) is 13.8. The van der Waals surface area contributed by atoms with Crippen molar-refractivity contribution in [1.82, 2.24) is 14.5 Å². The summed E-state index contributed by atoms with van der Waals surface area (Å²) >= 11 is 1.44. The number of halogens is 1. The zero-order valence-electron chi connectivity index (χ0n) is 20.2. The third-order valence-electron chi connectivity index (χ3n) is 6.35. The first kappa shape index (κ1) is 23.2. The maximum Gasteiger partial charge on any atom is 0.226 e. The highest BCUT2D eigenvalue weighted by Gasteiger charge is 2.21. The zero-order chi connectivity index (χ0) is 25.5. The normalized spacial score (nSPS) is 12.6. The van der Waals surface area contributed by atoms with Crippen LogP contribution >= 0.6 is 11.3 Å². The molecule has 0 N–H and O–H groups in total. The first-order chi connectivity index (χ1) is 18.0. The number of ether oxygens (including phenoxy) is 3. The summed E-state index contributed by atoms with van der Waals surface area (Å²) in [5, 5.41) is 2.64. The van der Waals surface area contributed by atoms with Crippen LogP contribution in [0.3, 0.4) is 0 Å². The molecule has 5 aromatic rings. The molecule has 1 aliphatic heterocycles. The van der Waals surface area contributed by atoms with Crippen molar-refractivity contribution >= 4 is 27.3 Å². The number of hydrogen-bond donors (Lipinski definition) is 0. The minimum atomic E-state index is -0.310. The predicted octanol–water partition coefficient (Wildman–Crippen LogP) is 5.94. The molecule has 4 heterocycles. The van der Waals surface area contributed by atoms with E-state index in [2.05, 4.69) is 9.97 Å². The third kappa shape index (κ3) is 4.21. The number of nitrogens with zero attached hydrogens (tertiary/aromatic N) is 3. The molecule has 0 atom stereocenters. The minimum absolute atomic E-state index is 0.165. The quantitative estimate of drug-likeness (QED) is 0.261. The molecule has 0 radical (unpaired) electrons. The van der Waals surface area contributed by atoms with Crippen LogP contribution in [0.1, 0.15) is 21.7 Å². The number of benzene rings is 2. The van der Waals surface area contributed by atoms with Crippen LogP contribution in [0.25, 0.3) is 27.0 Å². The summed E-state index contributed by atoms with van der Waals surface area (Å²) in [5.74, 6) is 1.25. The van der Waals surface area contributed by atoms with Crippen LogP contribution in [0.5, 0.6) is 17.4 Å². The third-order valence-corrected chi connectivity index (χ3v) is 7.23. The van der Waals surface area contributed by atoms with Crippen molar-refractivity contribution in [2.45, 2.75) is 13.8 Å². The second kappa shape index (κ2) is 9.33. The van der Waals surface area contributed by atoms with Gasteiger partial charge in [0.2, 0.25) is 11.7 Å². The molecular weight excluding hydrogens is 493 g/mol. The van der Waals surface area contributed by atoms with Gasteiger partial charge < -0.3 is 18.8 Å². The van der Waals surface area contributed by atoms with E-state index in [1.54, 1.807) is 12.1 Å². The summed E-state index contributed by atoms with van der Waals surface area (Å²) in [5.41, 5.74) is 4.83. The Labute approximate surface area is 216 Å². The molecule has 37 heavy (non-hydrogen) atoms. The van der Waals surface area contributed by atoms with Crippen molar-refractivity contribution in [2.75, 3.05) is 19.8 Å². The Balaban J connectivity index is 1.27. The lowest BCUT2D eigenvalue weighted by Gasteiger charge is -2.20. The molecule has 0 bridgehead atoms. The summed E-state index contributed by atoms with van der Waals surface area (Å²) in [6.07, 6.45) is 1.42. The predicted molar refractivity (Wildman–Crippen MR) is 139 cm³/mol. The number of ketones is 1. The van der Waals surface area contributed by atoms with Crippen molar-refractivity contribution < 1.29 is 23.4 Å². The van der Waals surface area contributed by atoms with Crippen LogP contribution in [0, 0.1) is 19.7 Å². The SMILES string of the molecule is Cc1cc(C(=O)COc2ncnc3scc(-c4ccc(F)cc4)c23)c(C)n1-c1ccc2c(c1)OCCO2. The molecule has 7 nitrogen and oxygen atoms in total. The van der Waals surface area contributed by atoms with Crippen molar-refractivity contribution in [1.29, 1.82) is 0 Å². The van der Waals surface area contributed by atoms with E-state index < -0.39 is 0 Å². The number of aromatic nitrogens is 3. The molecule has 0 saturated carbocycles. The smallest absolute Gasteiger partial charge is 0.226 e. The number of aryl methyl sites for hydroxylation is 1. The molecule has 0 amide bonds. The highest BCUT2D eigenvalue weighted by molar-refractivity contribution is 7.17. The van der Waals surface area contributed by atoms with Crippen LogP contribution in [-0.2, 0) is 0 Å². The van der Waals surface area contributed by atoms with E-state index in [1.807, 2.05) is 48.1 Å². The molecule has 0 unspecified atom stereocenters.